The summed E-state index contributed by atoms with van der Waals surface area (Å²) in [5, 5.41) is 10.5. The highest BCUT2D eigenvalue weighted by atomic mass is 16.5. The van der Waals surface area contributed by atoms with E-state index < -0.39 is 17.7 Å². The smallest absolute Gasteiger partial charge is 0.290 e. The number of aliphatic hydroxyl groups excluding tert-OH is 1. The van der Waals surface area contributed by atoms with Crippen LogP contribution in [-0.4, -0.2) is 28.3 Å². The largest absolute Gasteiger partial charge is 0.503 e. The molecule has 0 radical (unpaired) electrons. The fourth-order valence-corrected chi connectivity index (χ4v) is 3.44. The number of furan rings is 1. The number of hydrogen-bond donors (Lipinski definition) is 1. The van der Waals surface area contributed by atoms with Gasteiger partial charge in [0.1, 0.15) is 11.5 Å². The van der Waals surface area contributed by atoms with Gasteiger partial charge >= 0.3 is 0 Å². The molecule has 1 amide bonds. The van der Waals surface area contributed by atoms with Gasteiger partial charge in [0.25, 0.3) is 5.91 Å². The van der Waals surface area contributed by atoms with Gasteiger partial charge in [-0.1, -0.05) is 26.0 Å². The van der Waals surface area contributed by atoms with E-state index in [1.165, 1.54) is 11.2 Å². The zero-order valence-corrected chi connectivity index (χ0v) is 16.3. The third kappa shape index (κ3) is 3.96. The zero-order valence-electron chi connectivity index (χ0n) is 16.3. The predicted molar refractivity (Wildman–Crippen MR) is 104 cm³/mol. The third-order valence-electron chi connectivity index (χ3n) is 4.59. The number of hydrogen-bond acceptors (Lipinski definition) is 5. The molecule has 0 saturated heterocycles. The lowest BCUT2D eigenvalue weighted by molar-refractivity contribution is -0.130. The van der Waals surface area contributed by atoms with Gasteiger partial charge in [0.15, 0.2) is 11.5 Å². The molecule has 0 saturated carbocycles. The second-order valence-corrected chi connectivity index (χ2v) is 7.20. The molecular formula is C22H25NO5. The van der Waals surface area contributed by atoms with Gasteiger partial charge in [0.2, 0.25) is 0 Å². The summed E-state index contributed by atoms with van der Waals surface area (Å²) in [4.78, 5) is 27.2. The topological polar surface area (TPSA) is 80.0 Å². The number of aliphatic hydroxyl groups is 1. The molecule has 1 atom stereocenters. The number of ether oxygens (including phenoxy) is 1. The molecule has 1 aliphatic heterocycles. The molecule has 6 nitrogen and oxygen atoms in total. The van der Waals surface area contributed by atoms with Crippen molar-refractivity contribution in [3.05, 3.63) is 65.3 Å². The first-order valence-corrected chi connectivity index (χ1v) is 9.44. The van der Waals surface area contributed by atoms with Crippen LogP contribution in [0.15, 0.2) is 58.4 Å². The standard InChI is InChI=1S/C22H25NO5/c1-4-27-16-8-5-7-15(12-16)20-19(18(24)11-14(2)3)21(25)22(26)23(20)13-17-9-6-10-28-17/h5-10,12,14,20,25H,4,11,13H2,1-3H3. The van der Waals surface area contributed by atoms with E-state index in [-0.39, 0.29) is 30.2 Å². The van der Waals surface area contributed by atoms with E-state index >= 15 is 0 Å². The van der Waals surface area contributed by atoms with Gasteiger partial charge < -0.3 is 19.2 Å². The minimum atomic E-state index is -0.691. The molecule has 0 fully saturated rings. The minimum Gasteiger partial charge on any atom is -0.503 e. The van der Waals surface area contributed by atoms with Crippen LogP contribution >= 0.6 is 0 Å². The van der Waals surface area contributed by atoms with E-state index in [2.05, 4.69) is 0 Å². The summed E-state index contributed by atoms with van der Waals surface area (Å²) in [5.41, 5.74) is 0.848. The lowest BCUT2D eigenvalue weighted by Crippen LogP contribution is -2.30. The van der Waals surface area contributed by atoms with Gasteiger partial charge in [-0.25, -0.2) is 0 Å². The number of Topliss-reactive ketones (excluding diaryl/α,β-unsaturated/α-hetero) is 1. The van der Waals surface area contributed by atoms with E-state index in [1.54, 1.807) is 18.2 Å². The highest BCUT2D eigenvalue weighted by molar-refractivity contribution is 6.09. The van der Waals surface area contributed by atoms with Crippen LogP contribution in [0.2, 0.25) is 0 Å². The molecule has 1 aromatic carbocycles. The summed E-state index contributed by atoms with van der Waals surface area (Å²) in [6.07, 6.45) is 1.78. The number of nitrogens with zero attached hydrogens (tertiary/aromatic N) is 1. The average Bonchev–Trinajstić information content (AvgIpc) is 3.24. The predicted octanol–water partition coefficient (Wildman–Crippen LogP) is 4.19. The Hall–Kier alpha value is -3.02. The second-order valence-electron chi connectivity index (χ2n) is 7.20. The first-order valence-electron chi connectivity index (χ1n) is 9.44. The van der Waals surface area contributed by atoms with Crippen molar-refractivity contribution in [3.63, 3.8) is 0 Å². The Kier molecular flexibility index (Phi) is 5.87. The van der Waals surface area contributed by atoms with E-state index in [9.17, 15) is 14.7 Å². The Morgan fingerprint density at radius 1 is 1.29 bits per heavy atom. The van der Waals surface area contributed by atoms with Crippen molar-refractivity contribution in [2.45, 2.75) is 39.8 Å². The van der Waals surface area contributed by atoms with Crippen molar-refractivity contribution in [2.75, 3.05) is 6.61 Å². The van der Waals surface area contributed by atoms with Crippen LogP contribution in [0.3, 0.4) is 0 Å². The van der Waals surface area contributed by atoms with Crippen LogP contribution in [0.4, 0.5) is 0 Å². The van der Waals surface area contributed by atoms with Gasteiger partial charge in [0, 0.05) is 6.42 Å². The van der Waals surface area contributed by atoms with Crippen LogP contribution in [0.25, 0.3) is 0 Å². The Balaban J connectivity index is 2.04. The summed E-state index contributed by atoms with van der Waals surface area (Å²) < 4.78 is 11.0. The van der Waals surface area contributed by atoms with Crippen molar-refractivity contribution in [3.8, 4) is 5.75 Å². The molecule has 1 N–H and O–H groups in total. The van der Waals surface area contributed by atoms with E-state index in [4.69, 9.17) is 9.15 Å². The lowest BCUT2D eigenvalue weighted by Gasteiger charge is -2.26. The van der Waals surface area contributed by atoms with Crippen molar-refractivity contribution < 1.29 is 23.8 Å². The highest BCUT2D eigenvalue weighted by Gasteiger charge is 2.43. The zero-order chi connectivity index (χ0) is 20.3. The molecule has 148 valence electrons. The van der Waals surface area contributed by atoms with Crippen LogP contribution in [0, 0.1) is 5.92 Å². The Morgan fingerprint density at radius 2 is 2.07 bits per heavy atom. The number of carbonyl (C=O) groups is 2. The normalized spacial score (nSPS) is 16.9. The third-order valence-corrected chi connectivity index (χ3v) is 4.59. The van der Waals surface area contributed by atoms with Crippen LogP contribution in [-0.2, 0) is 16.1 Å². The fourth-order valence-electron chi connectivity index (χ4n) is 3.44. The SMILES string of the molecule is CCOc1cccc(C2C(C(=O)CC(C)C)=C(O)C(=O)N2Cc2ccco2)c1. The molecule has 0 aliphatic carbocycles. The van der Waals surface area contributed by atoms with Gasteiger partial charge in [-0.05, 0) is 42.7 Å². The molecule has 3 rings (SSSR count). The summed E-state index contributed by atoms with van der Waals surface area (Å²) in [7, 11) is 0. The van der Waals surface area contributed by atoms with Gasteiger partial charge in [0.05, 0.1) is 31.0 Å². The molecule has 6 heteroatoms. The fraction of sp³-hybridized carbons (Fsp3) is 0.364. The van der Waals surface area contributed by atoms with E-state index in [1.807, 2.05) is 39.0 Å². The van der Waals surface area contributed by atoms with E-state index in [0.29, 0.717) is 23.7 Å². The molecule has 0 spiro atoms. The Morgan fingerprint density at radius 3 is 2.71 bits per heavy atom. The summed E-state index contributed by atoms with van der Waals surface area (Å²) in [6.45, 7) is 6.40. The quantitative estimate of drug-likeness (QED) is 0.739. The summed E-state index contributed by atoms with van der Waals surface area (Å²) in [5.74, 6) is 0.0449. The maximum atomic E-state index is 12.9. The average molecular weight is 383 g/mol. The van der Waals surface area contributed by atoms with Gasteiger partial charge in [-0.15, -0.1) is 0 Å². The van der Waals surface area contributed by atoms with Crippen LogP contribution < -0.4 is 4.74 Å². The van der Waals surface area contributed by atoms with Gasteiger partial charge in [-0.2, -0.15) is 0 Å². The number of amides is 1. The molecule has 1 aliphatic rings. The first kappa shape index (κ1) is 19.7. The maximum Gasteiger partial charge on any atom is 0.290 e. The number of ketones is 1. The highest BCUT2D eigenvalue weighted by Crippen LogP contribution is 2.40. The summed E-state index contributed by atoms with van der Waals surface area (Å²) in [6, 6.07) is 10.1. The van der Waals surface area contributed by atoms with Crippen molar-refractivity contribution in [1.29, 1.82) is 0 Å². The molecule has 1 aromatic heterocycles. The van der Waals surface area contributed by atoms with Crippen molar-refractivity contribution in [2.24, 2.45) is 5.92 Å². The number of benzene rings is 1. The number of rotatable bonds is 8. The molecule has 28 heavy (non-hydrogen) atoms. The molecule has 2 heterocycles. The molecule has 2 aromatic rings. The summed E-state index contributed by atoms with van der Waals surface area (Å²) >= 11 is 0. The minimum absolute atomic E-state index is 0.109. The maximum absolute atomic E-state index is 12.9. The van der Waals surface area contributed by atoms with Crippen LogP contribution in [0.5, 0.6) is 5.75 Å². The van der Waals surface area contributed by atoms with Gasteiger partial charge in [-0.3, -0.25) is 9.59 Å². The number of carbonyl (C=O) groups excluding carboxylic acids is 2. The lowest BCUT2D eigenvalue weighted by atomic mass is 9.92. The molecular weight excluding hydrogens is 358 g/mol. The van der Waals surface area contributed by atoms with E-state index in [0.717, 1.165) is 0 Å². The van der Waals surface area contributed by atoms with Crippen molar-refractivity contribution >= 4 is 11.7 Å². The monoisotopic (exact) mass is 383 g/mol. The first-order chi connectivity index (χ1) is 13.4. The second kappa shape index (κ2) is 8.33. The Labute approximate surface area is 164 Å². The Bertz CT molecular complexity index is 882. The van der Waals surface area contributed by atoms with Crippen molar-refractivity contribution in [1.82, 2.24) is 4.90 Å². The van der Waals surface area contributed by atoms with Crippen LogP contribution in [0.1, 0.15) is 44.6 Å². The molecule has 0 bridgehead atoms. The molecule has 1 unspecified atom stereocenters.